The second kappa shape index (κ2) is 4.36. The van der Waals surface area contributed by atoms with E-state index in [0.29, 0.717) is 11.3 Å². The van der Waals surface area contributed by atoms with E-state index in [1.54, 1.807) is 24.3 Å². The molecular formula is C11H6FN3O. The summed E-state index contributed by atoms with van der Waals surface area (Å²) < 4.78 is 18.0. The van der Waals surface area contributed by atoms with E-state index in [4.69, 9.17) is 10.00 Å². The van der Waals surface area contributed by atoms with Crippen molar-refractivity contribution in [3.63, 3.8) is 0 Å². The minimum atomic E-state index is -0.665. The number of benzene rings is 1. The maximum absolute atomic E-state index is 12.7. The van der Waals surface area contributed by atoms with E-state index >= 15 is 0 Å². The first-order valence-corrected chi connectivity index (χ1v) is 4.43. The minimum absolute atomic E-state index is 0.0996. The lowest BCUT2D eigenvalue weighted by atomic mass is 10.2. The molecule has 0 aliphatic rings. The summed E-state index contributed by atoms with van der Waals surface area (Å²) in [5.41, 5.74) is 0.465. The molecule has 0 aliphatic heterocycles. The number of nitrogens with zero attached hydrogens (tertiary/aromatic N) is 3. The highest BCUT2D eigenvalue weighted by Gasteiger charge is 2.01. The fourth-order valence-corrected chi connectivity index (χ4v) is 1.12. The van der Waals surface area contributed by atoms with Crippen LogP contribution in [0.4, 0.5) is 4.39 Å². The number of halogens is 1. The van der Waals surface area contributed by atoms with Crippen molar-refractivity contribution >= 4 is 0 Å². The number of hydrogen-bond donors (Lipinski definition) is 0. The quantitative estimate of drug-likeness (QED) is 0.721. The molecule has 0 bridgehead atoms. The molecule has 5 heteroatoms. The summed E-state index contributed by atoms with van der Waals surface area (Å²) in [6.45, 7) is 0. The lowest BCUT2D eigenvalue weighted by Gasteiger charge is -2.03. The molecule has 1 aromatic carbocycles. The van der Waals surface area contributed by atoms with Gasteiger partial charge in [0.15, 0.2) is 0 Å². The zero-order valence-corrected chi connectivity index (χ0v) is 8.09. The van der Waals surface area contributed by atoms with E-state index in [1.165, 1.54) is 0 Å². The van der Waals surface area contributed by atoms with Crippen molar-refractivity contribution in [2.24, 2.45) is 0 Å². The summed E-state index contributed by atoms with van der Waals surface area (Å²) in [5, 5.41) is 8.68. The van der Waals surface area contributed by atoms with Gasteiger partial charge in [-0.1, -0.05) is 6.07 Å². The van der Waals surface area contributed by atoms with Crippen LogP contribution in [0.2, 0.25) is 0 Å². The van der Waals surface area contributed by atoms with Crippen molar-refractivity contribution in [1.82, 2.24) is 9.97 Å². The number of ether oxygens (including phenoxy) is 1. The summed E-state index contributed by atoms with van der Waals surface area (Å²) in [4.78, 5) is 7.04. The smallest absolute Gasteiger partial charge is 0.225 e. The molecule has 1 heterocycles. The van der Waals surface area contributed by atoms with E-state index in [0.717, 1.165) is 12.4 Å². The molecule has 2 aromatic rings. The summed E-state index contributed by atoms with van der Waals surface area (Å²) >= 11 is 0. The maximum Gasteiger partial charge on any atom is 0.225 e. The second-order valence-corrected chi connectivity index (χ2v) is 2.92. The van der Waals surface area contributed by atoms with Crippen LogP contribution in [0, 0.1) is 17.3 Å². The molecule has 0 N–H and O–H groups in total. The van der Waals surface area contributed by atoms with Crippen LogP contribution >= 0.6 is 0 Å². The van der Waals surface area contributed by atoms with Crippen molar-refractivity contribution < 1.29 is 9.13 Å². The highest BCUT2D eigenvalue weighted by Crippen LogP contribution is 2.19. The Morgan fingerprint density at radius 3 is 2.88 bits per heavy atom. The fourth-order valence-electron chi connectivity index (χ4n) is 1.12. The number of rotatable bonds is 2. The number of nitriles is 1. The Hall–Kier alpha value is -2.48. The Bertz CT molecular complexity index is 551. The lowest BCUT2D eigenvalue weighted by molar-refractivity contribution is 0.450. The highest BCUT2D eigenvalue weighted by atomic mass is 19.1. The third-order valence-corrected chi connectivity index (χ3v) is 1.79. The molecule has 4 nitrogen and oxygen atoms in total. The van der Waals surface area contributed by atoms with Gasteiger partial charge in [-0.2, -0.15) is 9.65 Å². The van der Waals surface area contributed by atoms with E-state index in [-0.39, 0.29) is 5.88 Å². The van der Waals surface area contributed by atoms with Crippen LogP contribution < -0.4 is 4.74 Å². The molecule has 0 aliphatic carbocycles. The number of hydrogen-bond acceptors (Lipinski definition) is 4. The normalized spacial score (nSPS) is 9.50. The SMILES string of the molecule is N#Cc1cccc(Oc2cc(F)ncn2)c1. The van der Waals surface area contributed by atoms with Crippen LogP contribution in [-0.4, -0.2) is 9.97 Å². The largest absolute Gasteiger partial charge is 0.439 e. The van der Waals surface area contributed by atoms with Gasteiger partial charge >= 0.3 is 0 Å². The van der Waals surface area contributed by atoms with Gasteiger partial charge in [0, 0.05) is 0 Å². The molecule has 0 amide bonds. The monoisotopic (exact) mass is 215 g/mol. The maximum atomic E-state index is 12.7. The van der Waals surface area contributed by atoms with E-state index in [1.807, 2.05) is 6.07 Å². The molecule has 0 unspecified atom stereocenters. The first-order chi connectivity index (χ1) is 7.78. The van der Waals surface area contributed by atoms with Crippen LogP contribution in [0.3, 0.4) is 0 Å². The van der Waals surface area contributed by atoms with Crippen LogP contribution in [0.5, 0.6) is 11.6 Å². The Kier molecular flexibility index (Phi) is 2.74. The van der Waals surface area contributed by atoms with E-state index < -0.39 is 5.95 Å². The van der Waals surface area contributed by atoms with Crippen LogP contribution in [-0.2, 0) is 0 Å². The van der Waals surface area contributed by atoms with Gasteiger partial charge in [-0.05, 0) is 18.2 Å². The zero-order valence-electron chi connectivity index (χ0n) is 8.09. The molecule has 0 spiro atoms. The molecule has 0 fully saturated rings. The molecule has 78 valence electrons. The zero-order chi connectivity index (χ0) is 11.4. The first kappa shape index (κ1) is 10.1. The topological polar surface area (TPSA) is 58.8 Å². The summed E-state index contributed by atoms with van der Waals surface area (Å²) in [6, 6.07) is 9.56. The van der Waals surface area contributed by atoms with Crippen molar-refractivity contribution in [2.45, 2.75) is 0 Å². The predicted octanol–water partition coefficient (Wildman–Crippen LogP) is 2.28. The van der Waals surface area contributed by atoms with Crippen LogP contribution in [0.15, 0.2) is 36.7 Å². The van der Waals surface area contributed by atoms with Gasteiger partial charge in [-0.15, -0.1) is 0 Å². The summed E-state index contributed by atoms with van der Waals surface area (Å²) in [6.07, 6.45) is 1.07. The van der Waals surface area contributed by atoms with Gasteiger partial charge in [0.1, 0.15) is 12.1 Å². The van der Waals surface area contributed by atoms with Gasteiger partial charge in [0.05, 0.1) is 17.7 Å². The van der Waals surface area contributed by atoms with Crippen LogP contribution in [0.1, 0.15) is 5.56 Å². The van der Waals surface area contributed by atoms with Crippen molar-refractivity contribution in [2.75, 3.05) is 0 Å². The predicted molar refractivity (Wildman–Crippen MR) is 53.2 cm³/mol. The molecule has 0 radical (unpaired) electrons. The Labute approximate surface area is 91.0 Å². The minimum Gasteiger partial charge on any atom is -0.439 e. The van der Waals surface area contributed by atoms with Crippen molar-refractivity contribution in [3.8, 4) is 17.7 Å². The molecule has 0 atom stereocenters. The third-order valence-electron chi connectivity index (χ3n) is 1.79. The van der Waals surface area contributed by atoms with Gasteiger partial charge < -0.3 is 4.74 Å². The van der Waals surface area contributed by atoms with Crippen LogP contribution in [0.25, 0.3) is 0 Å². The first-order valence-electron chi connectivity index (χ1n) is 4.43. The van der Waals surface area contributed by atoms with Crippen molar-refractivity contribution in [1.29, 1.82) is 5.26 Å². The molecule has 2 rings (SSSR count). The highest BCUT2D eigenvalue weighted by molar-refractivity contribution is 5.37. The van der Waals surface area contributed by atoms with Gasteiger partial charge in [0.25, 0.3) is 0 Å². The van der Waals surface area contributed by atoms with Gasteiger partial charge in [0.2, 0.25) is 11.8 Å². The molecule has 1 aromatic heterocycles. The fraction of sp³-hybridized carbons (Fsp3) is 0. The molecule has 0 saturated carbocycles. The van der Waals surface area contributed by atoms with Gasteiger partial charge in [-0.3, -0.25) is 0 Å². The third kappa shape index (κ3) is 2.30. The Balaban J connectivity index is 2.24. The average molecular weight is 215 g/mol. The average Bonchev–Trinajstić information content (AvgIpc) is 2.29. The standard InChI is InChI=1S/C11H6FN3O/c12-10-5-11(15-7-14-10)16-9-3-1-2-8(4-9)6-13/h1-5,7H. The second-order valence-electron chi connectivity index (χ2n) is 2.92. The Morgan fingerprint density at radius 1 is 1.25 bits per heavy atom. The Morgan fingerprint density at radius 2 is 2.12 bits per heavy atom. The summed E-state index contributed by atoms with van der Waals surface area (Å²) in [7, 11) is 0. The van der Waals surface area contributed by atoms with E-state index in [9.17, 15) is 4.39 Å². The van der Waals surface area contributed by atoms with Gasteiger partial charge in [-0.25, -0.2) is 9.97 Å². The molecular weight excluding hydrogens is 209 g/mol. The lowest BCUT2D eigenvalue weighted by Crippen LogP contribution is -1.91. The molecule has 16 heavy (non-hydrogen) atoms. The summed E-state index contributed by atoms with van der Waals surface area (Å²) in [5.74, 6) is -0.138. The van der Waals surface area contributed by atoms with E-state index in [2.05, 4.69) is 9.97 Å². The number of aromatic nitrogens is 2. The van der Waals surface area contributed by atoms with Crippen molar-refractivity contribution in [3.05, 3.63) is 48.2 Å². The molecule has 0 saturated heterocycles.